The summed E-state index contributed by atoms with van der Waals surface area (Å²) in [5.41, 5.74) is 0. The van der Waals surface area contributed by atoms with Crippen LogP contribution in [0.1, 0.15) is 25.7 Å². The van der Waals surface area contributed by atoms with Crippen molar-refractivity contribution < 1.29 is 9.84 Å². The molecular weight excluding hydrogens is 192 g/mol. The van der Waals surface area contributed by atoms with Crippen LogP contribution in [-0.2, 0) is 4.74 Å². The maximum atomic E-state index is 9.44. The summed E-state index contributed by atoms with van der Waals surface area (Å²) in [7, 11) is 1.76. The van der Waals surface area contributed by atoms with Crippen molar-refractivity contribution in [1.29, 1.82) is 0 Å². The van der Waals surface area contributed by atoms with Crippen LogP contribution in [0.15, 0.2) is 0 Å². The SMILES string of the molecule is COC1CNC(C2CCC(O)CC2)NC1. The highest BCUT2D eigenvalue weighted by Crippen LogP contribution is 2.26. The number of hydrogen-bond donors (Lipinski definition) is 3. The van der Waals surface area contributed by atoms with Gasteiger partial charge in [0, 0.05) is 20.2 Å². The topological polar surface area (TPSA) is 53.5 Å². The number of rotatable bonds is 2. The molecule has 2 aliphatic rings. The molecule has 3 N–H and O–H groups in total. The van der Waals surface area contributed by atoms with Crippen molar-refractivity contribution in [3.8, 4) is 0 Å². The van der Waals surface area contributed by atoms with Crippen LogP contribution >= 0.6 is 0 Å². The fraction of sp³-hybridized carbons (Fsp3) is 1.00. The van der Waals surface area contributed by atoms with E-state index in [0.29, 0.717) is 18.2 Å². The second kappa shape index (κ2) is 5.25. The minimum Gasteiger partial charge on any atom is -0.393 e. The summed E-state index contributed by atoms with van der Waals surface area (Å²) in [5, 5.41) is 16.4. The molecule has 1 aliphatic heterocycles. The fourth-order valence-electron chi connectivity index (χ4n) is 2.60. The molecule has 4 nitrogen and oxygen atoms in total. The number of ether oxygens (including phenoxy) is 1. The molecule has 15 heavy (non-hydrogen) atoms. The van der Waals surface area contributed by atoms with E-state index in [1.807, 2.05) is 0 Å². The molecule has 2 rings (SSSR count). The maximum Gasteiger partial charge on any atom is 0.0820 e. The lowest BCUT2D eigenvalue weighted by molar-refractivity contribution is 0.0464. The zero-order chi connectivity index (χ0) is 10.7. The van der Waals surface area contributed by atoms with Crippen LogP contribution in [-0.4, -0.2) is 43.7 Å². The molecule has 88 valence electrons. The van der Waals surface area contributed by atoms with Gasteiger partial charge in [-0.05, 0) is 31.6 Å². The van der Waals surface area contributed by atoms with Gasteiger partial charge in [-0.25, -0.2) is 0 Å². The van der Waals surface area contributed by atoms with E-state index in [0.717, 1.165) is 38.8 Å². The minimum absolute atomic E-state index is 0.0587. The van der Waals surface area contributed by atoms with Crippen molar-refractivity contribution in [1.82, 2.24) is 10.6 Å². The lowest BCUT2D eigenvalue weighted by Crippen LogP contribution is -2.58. The molecular formula is C11H22N2O2. The van der Waals surface area contributed by atoms with Gasteiger partial charge < -0.3 is 9.84 Å². The summed E-state index contributed by atoms with van der Waals surface area (Å²) < 4.78 is 5.28. The Hall–Kier alpha value is -0.160. The van der Waals surface area contributed by atoms with Crippen LogP contribution in [0.3, 0.4) is 0 Å². The van der Waals surface area contributed by atoms with Gasteiger partial charge in [-0.15, -0.1) is 0 Å². The molecule has 0 atom stereocenters. The van der Waals surface area contributed by atoms with Gasteiger partial charge in [0.2, 0.25) is 0 Å². The first kappa shape index (κ1) is 11.3. The molecule has 1 saturated carbocycles. The number of nitrogens with one attached hydrogen (secondary N) is 2. The van der Waals surface area contributed by atoms with Gasteiger partial charge in [0.25, 0.3) is 0 Å². The number of aliphatic hydroxyl groups is 1. The molecule has 1 heterocycles. The largest absolute Gasteiger partial charge is 0.393 e. The third-order valence-electron chi connectivity index (χ3n) is 3.68. The van der Waals surface area contributed by atoms with Crippen molar-refractivity contribution in [2.45, 2.75) is 44.1 Å². The highest BCUT2D eigenvalue weighted by atomic mass is 16.5. The van der Waals surface area contributed by atoms with Gasteiger partial charge in [-0.1, -0.05) is 0 Å². The molecule has 4 heteroatoms. The normalized spacial score (nSPS) is 42.8. The van der Waals surface area contributed by atoms with Crippen LogP contribution < -0.4 is 10.6 Å². The molecule has 0 amide bonds. The second-order valence-electron chi connectivity index (χ2n) is 4.72. The van der Waals surface area contributed by atoms with Crippen LogP contribution in [0.25, 0.3) is 0 Å². The number of methoxy groups -OCH3 is 1. The number of aliphatic hydroxyl groups excluding tert-OH is 1. The summed E-state index contributed by atoms with van der Waals surface area (Å²) in [4.78, 5) is 0. The molecule has 0 spiro atoms. The Labute approximate surface area is 91.4 Å². The average Bonchev–Trinajstić information content (AvgIpc) is 2.30. The highest BCUT2D eigenvalue weighted by Gasteiger charge is 2.29. The van der Waals surface area contributed by atoms with Crippen LogP contribution in [0.2, 0.25) is 0 Å². The summed E-state index contributed by atoms with van der Waals surface area (Å²) >= 11 is 0. The standard InChI is InChI=1S/C11H22N2O2/c1-15-10-6-12-11(13-7-10)8-2-4-9(14)5-3-8/h8-14H,2-7H2,1H3. The Balaban J connectivity index is 1.75. The van der Waals surface area contributed by atoms with Gasteiger partial charge in [0.15, 0.2) is 0 Å². The minimum atomic E-state index is -0.0587. The van der Waals surface area contributed by atoms with Crippen molar-refractivity contribution in [3.05, 3.63) is 0 Å². The van der Waals surface area contributed by atoms with Gasteiger partial charge in [-0.3, -0.25) is 10.6 Å². The Morgan fingerprint density at radius 2 is 1.67 bits per heavy atom. The Kier molecular flexibility index (Phi) is 3.97. The van der Waals surface area contributed by atoms with E-state index in [9.17, 15) is 5.11 Å². The molecule has 0 aromatic rings. The summed E-state index contributed by atoms with van der Waals surface area (Å²) in [6, 6.07) is 0. The van der Waals surface area contributed by atoms with Crippen LogP contribution in [0, 0.1) is 5.92 Å². The molecule has 0 unspecified atom stereocenters. The average molecular weight is 214 g/mol. The zero-order valence-electron chi connectivity index (χ0n) is 9.41. The van der Waals surface area contributed by atoms with E-state index >= 15 is 0 Å². The first-order valence-corrected chi connectivity index (χ1v) is 5.97. The second-order valence-corrected chi connectivity index (χ2v) is 4.72. The Morgan fingerprint density at radius 1 is 1.07 bits per heavy atom. The smallest absolute Gasteiger partial charge is 0.0820 e. The number of hydrogen-bond acceptors (Lipinski definition) is 4. The first-order valence-electron chi connectivity index (χ1n) is 5.97. The van der Waals surface area contributed by atoms with Crippen LogP contribution in [0.4, 0.5) is 0 Å². The van der Waals surface area contributed by atoms with Crippen molar-refractivity contribution in [3.63, 3.8) is 0 Å². The highest BCUT2D eigenvalue weighted by molar-refractivity contribution is 4.85. The maximum absolute atomic E-state index is 9.44. The third-order valence-corrected chi connectivity index (χ3v) is 3.68. The zero-order valence-corrected chi connectivity index (χ0v) is 9.41. The molecule has 0 bridgehead atoms. The van der Waals surface area contributed by atoms with Gasteiger partial charge in [-0.2, -0.15) is 0 Å². The van der Waals surface area contributed by atoms with Crippen LogP contribution in [0.5, 0.6) is 0 Å². The monoisotopic (exact) mass is 214 g/mol. The first-order chi connectivity index (χ1) is 7.29. The fourth-order valence-corrected chi connectivity index (χ4v) is 2.60. The third kappa shape index (κ3) is 2.91. The summed E-state index contributed by atoms with van der Waals surface area (Å²) in [6.45, 7) is 1.88. The van der Waals surface area contributed by atoms with Gasteiger partial charge in [0.05, 0.1) is 18.4 Å². The van der Waals surface area contributed by atoms with E-state index in [1.165, 1.54) is 0 Å². The lowest BCUT2D eigenvalue weighted by Gasteiger charge is -2.38. The molecule has 2 fully saturated rings. The van der Waals surface area contributed by atoms with E-state index in [2.05, 4.69) is 10.6 Å². The molecule has 0 aromatic heterocycles. The van der Waals surface area contributed by atoms with E-state index < -0.39 is 0 Å². The van der Waals surface area contributed by atoms with E-state index in [1.54, 1.807) is 7.11 Å². The Morgan fingerprint density at radius 3 is 2.20 bits per heavy atom. The molecule has 1 aliphatic carbocycles. The van der Waals surface area contributed by atoms with Crippen molar-refractivity contribution >= 4 is 0 Å². The molecule has 0 aromatic carbocycles. The van der Waals surface area contributed by atoms with Gasteiger partial charge in [0.1, 0.15) is 0 Å². The van der Waals surface area contributed by atoms with Crippen molar-refractivity contribution in [2.24, 2.45) is 5.92 Å². The predicted octanol–water partition coefficient (Wildman–Crippen LogP) is 0.0714. The molecule has 0 radical (unpaired) electrons. The van der Waals surface area contributed by atoms with Crippen molar-refractivity contribution in [2.75, 3.05) is 20.2 Å². The Bertz CT molecular complexity index is 185. The van der Waals surface area contributed by atoms with Gasteiger partial charge >= 0.3 is 0 Å². The van der Waals surface area contributed by atoms with E-state index in [-0.39, 0.29) is 6.10 Å². The summed E-state index contributed by atoms with van der Waals surface area (Å²) in [6.07, 6.45) is 4.83. The summed E-state index contributed by atoms with van der Waals surface area (Å²) in [5.74, 6) is 0.672. The molecule has 1 saturated heterocycles. The predicted molar refractivity (Wildman–Crippen MR) is 58.6 cm³/mol. The lowest BCUT2D eigenvalue weighted by atomic mass is 9.85. The quantitative estimate of drug-likeness (QED) is 0.609. The van der Waals surface area contributed by atoms with E-state index in [4.69, 9.17) is 4.74 Å².